The molecule has 3 aromatic rings. The zero-order chi connectivity index (χ0) is 26.4. The van der Waals surface area contributed by atoms with E-state index in [-0.39, 0.29) is 36.4 Å². The summed E-state index contributed by atoms with van der Waals surface area (Å²) in [5.74, 6) is 0.0983. The summed E-state index contributed by atoms with van der Waals surface area (Å²) in [4.78, 5) is 26.5. The second-order valence-corrected chi connectivity index (χ2v) is 11.0. The highest BCUT2D eigenvalue weighted by Gasteiger charge is 2.36. The quantitative estimate of drug-likeness (QED) is 0.443. The summed E-state index contributed by atoms with van der Waals surface area (Å²) in [6, 6.07) is 16.1. The molecule has 1 aliphatic rings. The highest BCUT2D eigenvalue weighted by atomic mass is 32.2. The number of ether oxygens (including phenoxy) is 1. The van der Waals surface area contributed by atoms with Crippen molar-refractivity contribution >= 4 is 21.8 Å². The van der Waals surface area contributed by atoms with Gasteiger partial charge in [-0.2, -0.15) is 4.31 Å². The summed E-state index contributed by atoms with van der Waals surface area (Å²) >= 11 is 0. The fourth-order valence-electron chi connectivity index (χ4n) is 4.39. The lowest BCUT2D eigenvalue weighted by molar-refractivity contribution is -0.124. The minimum atomic E-state index is -3.64. The van der Waals surface area contributed by atoms with E-state index in [1.165, 1.54) is 17.7 Å². The number of nitrogens with zero attached hydrogens (tertiary/aromatic N) is 1. The van der Waals surface area contributed by atoms with E-state index in [0.29, 0.717) is 29.9 Å². The van der Waals surface area contributed by atoms with Gasteiger partial charge in [0.05, 0.1) is 24.8 Å². The Morgan fingerprint density at radius 1 is 1.08 bits per heavy atom. The molecule has 9 nitrogen and oxygen atoms in total. The molecule has 4 rings (SSSR count). The van der Waals surface area contributed by atoms with E-state index < -0.39 is 22.0 Å². The van der Waals surface area contributed by atoms with Crippen LogP contribution in [0, 0.1) is 12.8 Å². The Balaban J connectivity index is 1.48. The van der Waals surface area contributed by atoms with Gasteiger partial charge in [0.2, 0.25) is 15.9 Å². The molecule has 0 bridgehead atoms. The van der Waals surface area contributed by atoms with Gasteiger partial charge in [0.15, 0.2) is 0 Å². The van der Waals surface area contributed by atoms with Crippen molar-refractivity contribution in [2.45, 2.75) is 37.2 Å². The third-order valence-corrected chi connectivity index (χ3v) is 8.46. The number of carbonyl (C=O) groups excluding carboxylic acids is 2. The van der Waals surface area contributed by atoms with Crippen molar-refractivity contribution < 1.29 is 27.2 Å². The number of furan rings is 1. The number of methoxy groups -OCH3 is 1. The molecular weight excluding hydrogens is 494 g/mol. The first-order chi connectivity index (χ1) is 17.8. The maximum atomic E-state index is 13.2. The number of sulfonamides is 1. The number of piperidine rings is 1. The first-order valence-electron chi connectivity index (χ1n) is 12.1. The number of hydrogen-bond acceptors (Lipinski definition) is 6. The van der Waals surface area contributed by atoms with Crippen LogP contribution in [-0.4, -0.2) is 50.8 Å². The number of nitrogens with one attached hydrogen (secondary N) is 2. The van der Waals surface area contributed by atoms with Crippen LogP contribution in [-0.2, 0) is 21.4 Å². The minimum absolute atomic E-state index is 0.179. The van der Waals surface area contributed by atoms with Crippen molar-refractivity contribution in [3.63, 3.8) is 0 Å². The summed E-state index contributed by atoms with van der Waals surface area (Å²) < 4.78 is 38.2. The van der Waals surface area contributed by atoms with Gasteiger partial charge in [0, 0.05) is 18.7 Å². The molecular formula is C27H31N3O6S. The van der Waals surface area contributed by atoms with Crippen molar-refractivity contribution in [2.24, 2.45) is 5.92 Å². The van der Waals surface area contributed by atoms with Gasteiger partial charge in [0.1, 0.15) is 17.6 Å². The molecule has 1 aliphatic heterocycles. The third-order valence-electron chi connectivity index (χ3n) is 6.55. The Bertz CT molecular complexity index is 1310. The predicted molar refractivity (Wildman–Crippen MR) is 137 cm³/mol. The fraction of sp³-hybridized carbons (Fsp3) is 0.333. The Morgan fingerprint density at radius 3 is 2.46 bits per heavy atom. The molecule has 1 aromatic heterocycles. The minimum Gasteiger partial charge on any atom is -0.497 e. The van der Waals surface area contributed by atoms with Crippen molar-refractivity contribution in [3.05, 3.63) is 83.8 Å². The molecule has 1 saturated heterocycles. The highest BCUT2D eigenvalue weighted by molar-refractivity contribution is 7.89. The SMILES string of the molecule is COc1cccc(C(=O)N[C@H](C(=O)NCc2ccco2)C2CCN(S(=O)(=O)c3ccc(C)cc3)CC2)c1. The van der Waals surface area contributed by atoms with Crippen molar-refractivity contribution in [1.82, 2.24) is 14.9 Å². The summed E-state index contributed by atoms with van der Waals surface area (Å²) in [7, 11) is -2.13. The molecule has 2 N–H and O–H groups in total. The zero-order valence-corrected chi connectivity index (χ0v) is 21.7. The van der Waals surface area contributed by atoms with Gasteiger partial charge < -0.3 is 19.8 Å². The van der Waals surface area contributed by atoms with E-state index in [0.717, 1.165) is 5.56 Å². The average Bonchev–Trinajstić information content (AvgIpc) is 3.44. The smallest absolute Gasteiger partial charge is 0.252 e. The van der Waals surface area contributed by atoms with Crippen LogP contribution in [0.1, 0.15) is 34.5 Å². The molecule has 2 heterocycles. The molecule has 0 radical (unpaired) electrons. The standard InChI is InChI=1S/C27H31N3O6S/c1-19-8-10-24(11-9-19)37(33,34)30-14-12-20(13-15-30)25(27(32)28-18-23-7-4-16-36-23)29-26(31)21-5-3-6-22(17-21)35-2/h3-11,16-17,20,25H,12-15,18H2,1-2H3,(H,28,32)(H,29,31)/t25-/m0/s1. The number of hydrogen-bond donors (Lipinski definition) is 2. The van der Waals surface area contributed by atoms with Crippen LogP contribution in [0.15, 0.2) is 76.2 Å². The van der Waals surface area contributed by atoms with Crippen molar-refractivity contribution in [3.8, 4) is 5.75 Å². The largest absolute Gasteiger partial charge is 0.497 e. The van der Waals surface area contributed by atoms with Crippen LogP contribution in [0.5, 0.6) is 5.75 Å². The van der Waals surface area contributed by atoms with E-state index >= 15 is 0 Å². The first kappa shape index (κ1) is 26.4. The number of amides is 2. The van der Waals surface area contributed by atoms with Crippen molar-refractivity contribution in [1.29, 1.82) is 0 Å². The molecule has 2 aromatic carbocycles. The Morgan fingerprint density at radius 2 is 1.81 bits per heavy atom. The van der Waals surface area contributed by atoms with Gasteiger partial charge in [-0.1, -0.05) is 23.8 Å². The molecule has 196 valence electrons. The van der Waals surface area contributed by atoms with Gasteiger partial charge in [-0.15, -0.1) is 0 Å². The van der Waals surface area contributed by atoms with Crippen LogP contribution in [0.4, 0.5) is 0 Å². The first-order valence-corrected chi connectivity index (χ1v) is 13.5. The number of rotatable bonds is 9. The third kappa shape index (κ3) is 6.39. The van der Waals surface area contributed by atoms with E-state index in [1.807, 2.05) is 6.92 Å². The Hall–Kier alpha value is -3.63. The average molecular weight is 526 g/mol. The molecule has 0 spiro atoms. The second-order valence-electron chi connectivity index (χ2n) is 9.03. The normalized spacial score (nSPS) is 15.6. The van der Waals surface area contributed by atoms with Crippen LogP contribution >= 0.6 is 0 Å². The Labute approximate surface area is 216 Å². The number of aryl methyl sites for hydroxylation is 1. The van der Waals surface area contributed by atoms with Gasteiger partial charge in [-0.3, -0.25) is 9.59 Å². The summed E-state index contributed by atoms with van der Waals surface area (Å²) in [6.45, 7) is 2.58. The van der Waals surface area contributed by atoms with Crippen LogP contribution in [0.2, 0.25) is 0 Å². The van der Waals surface area contributed by atoms with E-state index in [1.54, 1.807) is 60.7 Å². The monoisotopic (exact) mass is 525 g/mol. The summed E-state index contributed by atoms with van der Waals surface area (Å²) in [5.41, 5.74) is 1.34. The van der Waals surface area contributed by atoms with Gasteiger partial charge in [-0.05, 0) is 68.1 Å². The molecule has 0 unspecified atom stereocenters. The highest BCUT2D eigenvalue weighted by Crippen LogP contribution is 2.27. The molecule has 2 amide bonds. The molecule has 0 saturated carbocycles. The van der Waals surface area contributed by atoms with E-state index in [9.17, 15) is 18.0 Å². The maximum Gasteiger partial charge on any atom is 0.252 e. The molecule has 10 heteroatoms. The fourth-order valence-corrected chi connectivity index (χ4v) is 5.86. The van der Waals surface area contributed by atoms with Crippen LogP contribution < -0.4 is 15.4 Å². The van der Waals surface area contributed by atoms with Crippen LogP contribution in [0.3, 0.4) is 0 Å². The summed E-state index contributed by atoms with van der Waals surface area (Å²) in [6.07, 6.45) is 2.36. The lowest BCUT2D eigenvalue weighted by atomic mass is 9.89. The number of carbonyl (C=O) groups is 2. The lowest BCUT2D eigenvalue weighted by Crippen LogP contribution is -2.53. The van der Waals surface area contributed by atoms with E-state index in [4.69, 9.17) is 9.15 Å². The predicted octanol–water partition coefficient (Wildman–Crippen LogP) is 3.11. The molecule has 0 aliphatic carbocycles. The van der Waals surface area contributed by atoms with Gasteiger partial charge in [-0.25, -0.2) is 8.42 Å². The van der Waals surface area contributed by atoms with Gasteiger partial charge in [0.25, 0.3) is 5.91 Å². The Kier molecular flexibility index (Phi) is 8.30. The number of benzene rings is 2. The van der Waals surface area contributed by atoms with Crippen LogP contribution in [0.25, 0.3) is 0 Å². The van der Waals surface area contributed by atoms with Gasteiger partial charge >= 0.3 is 0 Å². The molecule has 1 atom stereocenters. The zero-order valence-electron chi connectivity index (χ0n) is 20.8. The molecule has 37 heavy (non-hydrogen) atoms. The summed E-state index contributed by atoms with van der Waals surface area (Å²) in [5, 5.41) is 5.70. The lowest BCUT2D eigenvalue weighted by Gasteiger charge is -2.35. The van der Waals surface area contributed by atoms with E-state index in [2.05, 4.69) is 10.6 Å². The maximum absolute atomic E-state index is 13.2. The molecule has 1 fully saturated rings. The van der Waals surface area contributed by atoms with Crippen molar-refractivity contribution in [2.75, 3.05) is 20.2 Å². The topological polar surface area (TPSA) is 118 Å². The second kappa shape index (κ2) is 11.6.